The van der Waals surface area contributed by atoms with Gasteiger partial charge in [0.05, 0.1) is 36.2 Å². The van der Waals surface area contributed by atoms with Gasteiger partial charge in [0.2, 0.25) is 0 Å². The molecule has 0 aromatic carbocycles. The number of ether oxygens (including phenoxy) is 1. The number of alkyl halides is 3. The van der Waals surface area contributed by atoms with E-state index < -0.39 is 11.7 Å². The average molecular weight is 480 g/mol. The van der Waals surface area contributed by atoms with Gasteiger partial charge in [0.25, 0.3) is 5.91 Å². The van der Waals surface area contributed by atoms with E-state index in [0.29, 0.717) is 31.0 Å². The van der Waals surface area contributed by atoms with E-state index >= 15 is 0 Å². The molecule has 186 valence electrons. The quantitative estimate of drug-likeness (QED) is 0.673. The van der Waals surface area contributed by atoms with Crippen molar-refractivity contribution < 1.29 is 22.7 Å². The SMILES string of the molecule is CC(C)c1c(C(=O)NCC2(N3CCOCC3)CCCCC2)cnn1-c1ccc(C(F)(F)F)cn1. The van der Waals surface area contributed by atoms with E-state index in [0.717, 1.165) is 51.0 Å². The van der Waals surface area contributed by atoms with Gasteiger partial charge < -0.3 is 10.1 Å². The Kier molecular flexibility index (Phi) is 7.28. The highest BCUT2D eigenvalue weighted by Gasteiger charge is 2.39. The van der Waals surface area contributed by atoms with Gasteiger partial charge in [-0.3, -0.25) is 9.69 Å². The fourth-order valence-corrected chi connectivity index (χ4v) is 5.14. The number of aromatic nitrogens is 3. The molecule has 1 saturated heterocycles. The van der Waals surface area contributed by atoms with Crippen LogP contribution in [-0.4, -0.2) is 64.0 Å². The first-order valence-electron chi connectivity index (χ1n) is 11.9. The van der Waals surface area contributed by atoms with Crippen LogP contribution in [0, 0.1) is 0 Å². The number of morpholine rings is 1. The summed E-state index contributed by atoms with van der Waals surface area (Å²) in [5.41, 5.74) is 0.146. The summed E-state index contributed by atoms with van der Waals surface area (Å²) in [7, 11) is 0. The largest absolute Gasteiger partial charge is 0.417 e. The zero-order valence-corrected chi connectivity index (χ0v) is 19.7. The second-order valence-corrected chi connectivity index (χ2v) is 9.48. The Labute approximate surface area is 197 Å². The minimum absolute atomic E-state index is 0.0688. The van der Waals surface area contributed by atoms with Gasteiger partial charge in [-0.25, -0.2) is 9.67 Å². The monoisotopic (exact) mass is 479 g/mol. The van der Waals surface area contributed by atoms with Crippen LogP contribution in [0.5, 0.6) is 0 Å². The molecule has 1 saturated carbocycles. The molecule has 0 spiro atoms. The number of carbonyl (C=O) groups excluding carboxylic acids is 1. The number of nitrogens with one attached hydrogen (secondary N) is 1. The molecule has 0 bridgehead atoms. The molecule has 1 amide bonds. The maximum atomic E-state index is 13.3. The van der Waals surface area contributed by atoms with Gasteiger partial charge in [-0.15, -0.1) is 0 Å². The summed E-state index contributed by atoms with van der Waals surface area (Å²) >= 11 is 0. The molecule has 10 heteroatoms. The molecule has 2 fully saturated rings. The Morgan fingerprint density at radius 3 is 2.44 bits per heavy atom. The molecule has 0 atom stereocenters. The van der Waals surface area contributed by atoms with E-state index in [9.17, 15) is 18.0 Å². The van der Waals surface area contributed by atoms with Crippen molar-refractivity contribution in [2.45, 2.75) is 63.6 Å². The van der Waals surface area contributed by atoms with E-state index in [1.807, 2.05) is 13.8 Å². The normalized spacial score (nSPS) is 19.4. The Bertz CT molecular complexity index is 975. The van der Waals surface area contributed by atoms with E-state index in [4.69, 9.17) is 4.74 Å². The van der Waals surface area contributed by atoms with Crippen LogP contribution < -0.4 is 5.32 Å². The van der Waals surface area contributed by atoms with Crippen LogP contribution in [0.2, 0.25) is 0 Å². The van der Waals surface area contributed by atoms with Gasteiger partial charge in [-0.2, -0.15) is 18.3 Å². The third kappa shape index (κ3) is 5.12. The summed E-state index contributed by atoms with van der Waals surface area (Å²) < 4.78 is 45.7. The number of halogens is 3. The maximum Gasteiger partial charge on any atom is 0.417 e. The molecule has 1 aliphatic heterocycles. The first kappa shape index (κ1) is 24.7. The van der Waals surface area contributed by atoms with Crippen molar-refractivity contribution in [2.75, 3.05) is 32.8 Å². The number of rotatable bonds is 6. The molecule has 2 aromatic rings. The zero-order chi connectivity index (χ0) is 24.3. The summed E-state index contributed by atoms with van der Waals surface area (Å²) in [6.45, 7) is 7.54. The van der Waals surface area contributed by atoms with Crippen molar-refractivity contribution in [1.29, 1.82) is 0 Å². The molecule has 4 rings (SSSR count). The van der Waals surface area contributed by atoms with E-state index in [1.165, 1.54) is 23.4 Å². The van der Waals surface area contributed by atoms with Crippen molar-refractivity contribution in [1.82, 2.24) is 25.0 Å². The van der Waals surface area contributed by atoms with Gasteiger partial charge >= 0.3 is 6.18 Å². The molecule has 7 nitrogen and oxygen atoms in total. The predicted octanol–water partition coefficient (Wildman–Crippen LogP) is 4.17. The summed E-state index contributed by atoms with van der Waals surface area (Å²) in [6.07, 6.45) is 3.38. The Balaban J connectivity index is 1.54. The minimum atomic E-state index is -4.46. The van der Waals surface area contributed by atoms with Gasteiger partial charge in [-0.05, 0) is 30.9 Å². The van der Waals surface area contributed by atoms with Crippen molar-refractivity contribution in [3.63, 3.8) is 0 Å². The number of carbonyl (C=O) groups is 1. The standard InChI is InChI=1S/C24H32F3N5O2/c1-17(2)21-19(15-30-32(21)20-7-6-18(14-28-20)24(25,26)27)22(33)29-16-23(8-4-3-5-9-23)31-10-12-34-13-11-31/h6-7,14-15,17H,3-5,8-13,16H2,1-2H3,(H,29,33). The van der Waals surface area contributed by atoms with Crippen molar-refractivity contribution in [3.05, 3.63) is 41.3 Å². The number of hydrogen-bond acceptors (Lipinski definition) is 5. The zero-order valence-electron chi connectivity index (χ0n) is 19.7. The molecule has 34 heavy (non-hydrogen) atoms. The number of hydrogen-bond donors (Lipinski definition) is 1. The first-order chi connectivity index (χ1) is 16.2. The van der Waals surface area contributed by atoms with Crippen molar-refractivity contribution >= 4 is 5.91 Å². The van der Waals surface area contributed by atoms with Crippen LogP contribution in [-0.2, 0) is 10.9 Å². The van der Waals surface area contributed by atoms with Gasteiger partial charge in [0, 0.05) is 31.4 Å². The highest BCUT2D eigenvalue weighted by molar-refractivity contribution is 5.95. The molecular formula is C24H32F3N5O2. The highest BCUT2D eigenvalue weighted by atomic mass is 19.4. The lowest BCUT2D eigenvalue weighted by atomic mass is 9.79. The van der Waals surface area contributed by atoms with Crippen molar-refractivity contribution in [2.24, 2.45) is 0 Å². The van der Waals surface area contributed by atoms with E-state index in [-0.39, 0.29) is 23.2 Å². The first-order valence-corrected chi connectivity index (χ1v) is 11.9. The third-order valence-electron chi connectivity index (χ3n) is 6.93. The number of nitrogens with zero attached hydrogens (tertiary/aromatic N) is 4. The fourth-order valence-electron chi connectivity index (χ4n) is 5.14. The lowest BCUT2D eigenvalue weighted by molar-refractivity contribution is -0.137. The molecule has 2 aliphatic rings. The number of amides is 1. The van der Waals surface area contributed by atoms with Crippen LogP contribution in [0.1, 0.15) is 73.5 Å². The fraction of sp³-hybridized carbons (Fsp3) is 0.625. The summed E-state index contributed by atoms with van der Waals surface area (Å²) in [6, 6.07) is 2.25. The molecule has 1 N–H and O–H groups in total. The van der Waals surface area contributed by atoms with Gasteiger partial charge in [0.15, 0.2) is 5.82 Å². The lowest BCUT2D eigenvalue weighted by Crippen LogP contribution is -2.59. The lowest BCUT2D eigenvalue weighted by Gasteiger charge is -2.48. The predicted molar refractivity (Wildman–Crippen MR) is 121 cm³/mol. The Morgan fingerprint density at radius 2 is 1.85 bits per heavy atom. The molecular weight excluding hydrogens is 447 g/mol. The van der Waals surface area contributed by atoms with E-state index in [2.05, 4.69) is 20.3 Å². The van der Waals surface area contributed by atoms with Crippen molar-refractivity contribution in [3.8, 4) is 5.82 Å². The Morgan fingerprint density at radius 1 is 1.15 bits per heavy atom. The molecule has 1 aliphatic carbocycles. The third-order valence-corrected chi connectivity index (χ3v) is 6.93. The summed E-state index contributed by atoms with van der Waals surface area (Å²) in [5, 5.41) is 7.46. The van der Waals surface area contributed by atoms with Crippen LogP contribution in [0.25, 0.3) is 5.82 Å². The van der Waals surface area contributed by atoms with E-state index in [1.54, 1.807) is 0 Å². The molecule has 3 heterocycles. The topological polar surface area (TPSA) is 72.3 Å². The smallest absolute Gasteiger partial charge is 0.379 e. The minimum Gasteiger partial charge on any atom is -0.379 e. The van der Waals surface area contributed by atoms with Crippen LogP contribution in [0.15, 0.2) is 24.5 Å². The second kappa shape index (κ2) is 10.0. The van der Waals surface area contributed by atoms with Crippen LogP contribution in [0.4, 0.5) is 13.2 Å². The summed E-state index contributed by atoms with van der Waals surface area (Å²) in [4.78, 5) is 19.7. The Hall–Kier alpha value is -2.46. The van der Waals surface area contributed by atoms with Gasteiger partial charge in [0.1, 0.15) is 0 Å². The van der Waals surface area contributed by atoms with Crippen LogP contribution >= 0.6 is 0 Å². The molecule has 0 radical (unpaired) electrons. The second-order valence-electron chi connectivity index (χ2n) is 9.48. The summed E-state index contributed by atoms with van der Waals surface area (Å²) in [5.74, 6) is -0.0666. The number of pyridine rings is 1. The maximum absolute atomic E-state index is 13.3. The highest BCUT2D eigenvalue weighted by Crippen LogP contribution is 2.34. The average Bonchev–Trinajstić information content (AvgIpc) is 3.29. The van der Waals surface area contributed by atoms with Gasteiger partial charge in [-0.1, -0.05) is 33.1 Å². The molecule has 0 unspecified atom stereocenters. The molecule has 2 aromatic heterocycles. The van der Waals surface area contributed by atoms with Crippen LogP contribution in [0.3, 0.4) is 0 Å².